The van der Waals surface area contributed by atoms with Crippen molar-refractivity contribution in [3.8, 4) is 23.7 Å². The number of likely N-dealkylation sites (N-methyl/N-ethyl adjacent to an activating group) is 4. The van der Waals surface area contributed by atoms with Gasteiger partial charge in [-0.05, 0) is 121 Å². The van der Waals surface area contributed by atoms with Gasteiger partial charge < -0.3 is 35.6 Å². The molecule has 17 heteroatoms. The van der Waals surface area contributed by atoms with Gasteiger partial charge in [0.2, 0.25) is 12.1 Å². The highest BCUT2D eigenvalue weighted by Gasteiger charge is 2.35. The third-order valence-corrected chi connectivity index (χ3v) is 10.9. The number of benzene rings is 4. The van der Waals surface area contributed by atoms with Crippen LogP contribution in [0.4, 0.5) is 0 Å². The molecule has 6 rings (SSSR count). The van der Waals surface area contributed by atoms with E-state index in [9.17, 15) is 33.6 Å². The van der Waals surface area contributed by atoms with Gasteiger partial charge >= 0.3 is 11.9 Å². The molecular weight excluding hydrogens is 993 g/mol. The Morgan fingerprint density at radius 3 is 1.30 bits per heavy atom. The molecule has 0 heterocycles. The molecule has 2 aliphatic rings. The first-order chi connectivity index (χ1) is 35.0. The van der Waals surface area contributed by atoms with Gasteiger partial charge in [-0.3, -0.25) is 24.0 Å². The summed E-state index contributed by atoms with van der Waals surface area (Å²) in [6, 6.07) is 26.7. The first-order valence-electron chi connectivity index (χ1n) is 23.0. The van der Waals surface area contributed by atoms with Crippen LogP contribution in [-0.2, 0) is 35.1 Å². The lowest BCUT2D eigenvalue weighted by atomic mass is 10.1. The number of hydrogen-bond acceptors (Lipinski definition) is 10. The topological polar surface area (TPSA) is 195 Å². The number of carbonyl (C=O) groups is 7. The van der Waals surface area contributed by atoms with Crippen LogP contribution in [0.15, 0.2) is 109 Å². The number of nitrogens with one attached hydrogen (secondary N) is 2. The fourth-order valence-corrected chi connectivity index (χ4v) is 6.29. The molecule has 2 fully saturated rings. The fraction of sp³-hybridized carbons (Fsp3) is 0.304. The molecule has 4 amide bonds. The Bertz CT molecular complexity index is 2630. The molecule has 0 bridgehead atoms. The SMILES string of the molecule is CNC(=O)C(C(=O)OC)N(C)C(=O)c1ccc(/C=C/C#Cc2ccc(C=O)cc2)cc1.CNC(=O)C(C(=O)OC)N(C)C(=O)c1ccc(/C=C/C#Cc2ccc(CCC3CC3)cc2)cc1.ClC(Cl)Cl.NC1CC1. The Labute approximate surface area is 442 Å². The van der Waals surface area contributed by atoms with E-state index in [1.165, 1.54) is 73.0 Å². The molecule has 4 aromatic carbocycles. The van der Waals surface area contributed by atoms with Gasteiger partial charge in [-0.25, -0.2) is 9.59 Å². The Morgan fingerprint density at radius 2 is 0.986 bits per heavy atom. The van der Waals surface area contributed by atoms with Gasteiger partial charge in [0.25, 0.3) is 23.6 Å². The maximum absolute atomic E-state index is 12.8. The van der Waals surface area contributed by atoms with Gasteiger partial charge in [0.15, 0.2) is 4.30 Å². The van der Waals surface area contributed by atoms with E-state index in [2.05, 4.69) is 68.1 Å². The zero-order valence-electron chi connectivity index (χ0n) is 41.5. The summed E-state index contributed by atoms with van der Waals surface area (Å²) in [6.45, 7) is 0. The average molecular weight is 1050 g/mol. The molecule has 2 atom stereocenters. The maximum atomic E-state index is 12.8. The Balaban J connectivity index is 0.000000335. The number of rotatable bonds is 14. The number of nitrogens with two attached hydrogens (primary N) is 1. The molecule has 0 spiro atoms. The summed E-state index contributed by atoms with van der Waals surface area (Å²) in [5, 5.41) is 4.73. The van der Waals surface area contributed by atoms with Gasteiger partial charge in [0, 0.05) is 62.0 Å². The van der Waals surface area contributed by atoms with Crippen LogP contribution in [-0.4, -0.2) is 116 Å². The molecule has 2 aliphatic carbocycles. The minimum atomic E-state index is -1.38. The van der Waals surface area contributed by atoms with Gasteiger partial charge in [-0.2, -0.15) is 0 Å². The largest absolute Gasteiger partial charge is 0.467 e. The van der Waals surface area contributed by atoms with Gasteiger partial charge in [0.1, 0.15) is 6.29 Å². The molecule has 4 aromatic rings. The first-order valence-corrected chi connectivity index (χ1v) is 24.3. The van der Waals surface area contributed by atoms with E-state index in [4.69, 9.17) is 40.5 Å². The number of aryl methyl sites for hydroxylation is 1. The van der Waals surface area contributed by atoms with Crippen LogP contribution < -0.4 is 16.4 Å². The van der Waals surface area contributed by atoms with Crippen LogP contribution in [0.1, 0.15) is 91.0 Å². The molecule has 73 heavy (non-hydrogen) atoms. The Hall–Kier alpha value is -7.20. The summed E-state index contributed by atoms with van der Waals surface area (Å²) in [5.41, 5.74) is 11.3. The number of aldehydes is 1. The second-order valence-electron chi connectivity index (χ2n) is 16.4. The van der Waals surface area contributed by atoms with E-state index in [1.54, 1.807) is 91.0 Å². The van der Waals surface area contributed by atoms with Gasteiger partial charge in [0.05, 0.1) is 14.2 Å². The quantitative estimate of drug-likeness (QED) is 0.0375. The molecule has 0 aromatic heterocycles. The first kappa shape index (κ1) is 60.1. The van der Waals surface area contributed by atoms with Crippen LogP contribution in [0.3, 0.4) is 0 Å². The summed E-state index contributed by atoms with van der Waals surface area (Å²) in [5.74, 6) is 9.13. The number of esters is 2. The lowest BCUT2D eigenvalue weighted by molar-refractivity contribution is -0.151. The van der Waals surface area contributed by atoms with Crippen molar-refractivity contribution < 1.29 is 43.0 Å². The number of hydrogen-bond donors (Lipinski definition) is 3. The smallest absolute Gasteiger partial charge is 0.338 e. The molecule has 0 saturated heterocycles. The minimum Gasteiger partial charge on any atom is -0.467 e. The van der Waals surface area contributed by atoms with Crippen LogP contribution in [0.5, 0.6) is 0 Å². The van der Waals surface area contributed by atoms with Crippen molar-refractivity contribution >= 4 is 88.8 Å². The molecule has 14 nitrogen and oxygen atoms in total. The van der Waals surface area contributed by atoms with Crippen molar-refractivity contribution in [1.82, 2.24) is 20.4 Å². The van der Waals surface area contributed by atoms with Crippen molar-refractivity contribution in [3.63, 3.8) is 0 Å². The minimum absolute atomic E-state index is 0.318. The summed E-state index contributed by atoms with van der Waals surface area (Å²) in [4.78, 5) is 86.1. The van der Waals surface area contributed by atoms with Crippen molar-refractivity contribution in [2.24, 2.45) is 11.7 Å². The standard InChI is InChI=1S/C28H30N2O4.C24H22N2O5.C3H7N.CHCl3/c1-29-26(31)25(28(33)34-3)30(2)27(32)24-18-16-21(17-19-24)7-5-4-6-20-8-10-22(11-9-20)12-13-23-14-15-23;1-25-22(28)21(24(30)31-3)26(2)23(29)20-14-12-18(13-15-20)7-5-4-6-17-8-10-19(16-27)11-9-17;4-3-1-2-3;2-1(3)4/h5,7-11,16-19,23,25H,12-15H2,1-3H3,(H,29,31);5,7-16,21H,1-3H3,(H,25,28);3H,1-2,4H2;1H/b2*7-5+;;. The monoisotopic (exact) mass is 1050 g/mol. The maximum Gasteiger partial charge on any atom is 0.338 e. The zero-order chi connectivity index (χ0) is 53.9. The molecule has 384 valence electrons. The number of ether oxygens (including phenoxy) is 2. The molecule has 0 radical (unpaired) electrons. The molecular formula is C56H60Cl3N5O9. The summed E-state index contributed by atoms with van der Waals surface area (Å²) in [6.07, 6.45) is 15.6. The summed E-state index contributed by atoms with van der Waals surface area (Å²) in [7, 11) is 7.85. The number of nitrogens with zero attached hydrogens (tertiary/aromatic N) is 2. The van der Waals surface area contributed by atoms with E-state index in [0.29, 0.717) is 22.7 Å². The van der Waals surface area contributed by atoms with Gasteiger partial charge in [-0.1, -0.05) is 120 Å². The van der Waals surface area contributed by atoms with Crippen LogP contribution in [0, 0.1) is 29.6 Å². The number of halogens is 3. The lowest BCUT2D eigenvalue weighted by Crippen LogP contribution is -2.51. The van der Waals surface area contributed by atoms with Crippen LogP contribution in [0.2, 0.25) is 0 Å². The number of carbonyl (C=O) groups excluding carboxylic acids is 7. The highest BCUT2D eigenvalue weighted by Crippen LogP contribution is 2.33. The zero-order valence-corrected chi connectivity index (χ0v) is 43.8. The lowest BCUT2D eigenvalue weighted by Gasteiger charge is -2.24. The van der Waals surface area contributed by atoms with Crippen LogP contribution >= 0.6 is 34.8 Å². The van der Waals surface area contributed by atoms with Crippen molar-refractivity contribution in [3.05, 3.63) is 154 Å². The van der Waals surface area contributed by atoms with Crippen molar-refractivity contribution in [1.29, 1.82) is 0 Å². The van der Waals surface area contributed by atoms with Crippen molar-refractivity contribution in [2.45, 2.75) is 60.9 Å². The third-order valence-electron chi connectivity index (χ3n) is 10.9. The second kappa shape index (κ2) is 32.0. The molecule has 2 saturated carbocycles. The van der Waals surface area contributed by atoms with Crippen LogP contribution in [0.25, 0.3) is 12.2 Å². The number of alkyl halides is 3. The molecule has 2 unspecified atom stereocenters. The predicted molar refractivity (Wildman–Crippen MR) is 287 cm³/mol. The fourth-order valence-electron chi connectivity index (χ4n) is 6.29. The molecule has 0 aliphatic heterocycles. The molecule has 4 N–H and O–H groups in total. The third kappa shape index (κ3) is 22.0. The van der Waals surface area contributed by atoms with E-state index < -0.39 is 51.9 Å². The summed E-state index contributed by atoms with van der Waals surface area (Å²) >= 11 is 14.4. The highest BCUT2D eigenvalue weighted by atomic mass is 35.6. The average Bonchev–Trinajstić information content (AvgIpc) is 4.37. The van der Waals surface area contributed by atoms with E-state index in [-0.39, 0.29) is 0 Å². The van der Waals surface area contributed by atoms with E-state index in [1.807, 2.05) is 6.08 Å². The number of amides is 4. The highest BCUT2D eigenvalue weighted by molar-refractivity contribution is 6.63. The second-order valence-corrected chi connectivity index (χ2v) is 18.3. The van der Waals surface area contributed by atoms with Crippen molar-refractivity contribution in [2.75, 3.05) is 42.4 Å². The normalized spacial score (nSPS) is 12.9. The number of allylic oxidation sites excluding steroid dienone is 2. The van der Waals surface area contributed by atoms with Gasteiger partial charge in [-0.15, -0.1) is 0 Å². The Kier molecular flexibility index (Phi) is 26.3. The Morgan fingerprint density at radius 1 is 0.630 bits per heavy atom. The van der Waals surface area contributed by atoms with E-state index >= 15 is 0 Å². The predicted octanol–water partition coefficient (Wildman–Crippen LogP) is 7.47. The van der Waals surface area contributed by atoms with E-state index in [0.717, 1.165) is 57.8 Å². The summed E-state index contributed by atoms with van der Waals surface area (Å²) < 4.78 is 8.54. The number of methoxy groups -OCH3 is 2.